The first-order valence-corrected chi connectivity index (χ1v) is 11.7. The van der Waals surface area contributed by atoms with Gasteiger partial charge >= 0.3 is 0 Å². The maximum Gasteiger partial charge on any atom is 0.0230 e. The van der Waals surface area contributed by atoms with Crippen molar-refractivity contribution in [1.29, 1.82) is 0 Å². The van der Waals surface area contributed by atoms with Crippen LogP contribution in [0.5, 0.6) is 0 Å². The second kappa shape index (κ2) is 12.6. The predicted molar refractivity (Wildman–Crippen MR) is 114 cm³/mol. The van der Waals surface area contributed by atoms with Gasteiger partial charge in [-0.05, 0) is 54.6 Å². The van der Waals surface area contributed by atoms with Crippen molar-refractivity contribution in [3.63, 3.8) is 0 Å². The van der Waals surface area contributed by atoms with Gasteiger partial charge in [0.25, 0.3) is 0 Å². The van der Waals surface area contributed by atoms with Crippen LogP contribution in [0.25, 0.3) is 0 Å². The van der Waals surface area contributed by atoms with Crippen LogP contribution in [0, 0.1) is 6.92 Å². The lowest BCUT2D eigenvalue weighted by molar-refractivity contribution is 0.672. The number of hydrogen-bond acceptors (Lipinski definition) is 2. The first-order valence-electron chi connectivity index (χ1n) is 9.24. The summed E-state index contributed by atoms with van der Waals surface area (Å²) in [7, 11) is 0.953. The van der Waals surface area contributed by atoms with Gasteiger partial charge < -0.3 is 5.32 Å². The van der Waals surface area contributed by atoms with Gasteiger partial charge in [-0.15, -0.1) is 19.9 Å². The van der Waals surface area contributed by atoms with E-state index in [0.717, 1.165) is 21.7 Å². The molecule has 2 aromatic rings. The first-order chi connectivity index (χ1) is 11.7. The van der Waals surface area contributed by atoms with Gasteiger partial charge in [0, 0.05) is 23.6 Å². The maximum absolute atomic E-state index is 3.69. The molecule has 0 saturated heterocycles. The summed E-state index contributed by atoms with van der Waals surface area (Å²) in [5, 5.41) is 5.96. The van der Waals surface area contributed by atoms with Crippen LogP contribution < -0.4 is 5.32 Å². The van der Waals surface area contributed by atoms with E-state index in [4.69, 9.17) is 0 Å². The lowest BCUT2D eigenvalue weighted by Crippen LogP contribution is -2.19. The molecule has 0 amide bonds. The van der Waals surface area contributed by atoms with Crippen molar-refractivity contribution >= 4 is 19.9 Å². The van der Waals surface area contributed by atoms with Gasteiger partial charge in [-0.1, -0.05) is 51.5 Å². The van der Waals surface area contributed by atoms with Gasteiger partial charge in [0.1, 0.15) is 0 Å². The van der Waals surface area contributed by atoms with Crippen LogP contribution >= 0.6 is 19.9 Å². The molecule has 0 saturated carbocycles. The third-order valence-electron chi connectivity index (χ3n) is 4.02. The van der Waals surface area contributed by atoms with Crippen molar-refractivity contribution in [2.24, 2.45) is 0 Å². The van der Waals surface area contributed by atoms with Crippen LogP contribution in [-0.2, 0) is 13.0 Å². The van der Waals surface area contributed by atoms with Crippen LogP contribution in [0.3, 0.4) is 0 Å². The Morgan fingerprint density at radius 3 is 2.46 bits per heavy atom. The Labute approximate surface area is 155 Å². The largest absolute Gasteiger partial charge is 0.312 e. The third kappa shape index (κ3) is 7.05. The average Bonchev–Trinajstić information content (AvgIpc) is 3.05. The summed E-state index contributed by atoms with van der Waals surface area (Å²) in [5.41, 5.74) is 5.05. The maximum atomic E-state index is 3.69. The second-order valence-electron chi connectivity index (χ2n) is 5.87. The highest BCUT2D eigenvalue weighted by Crippen LogP contribution is 2.35. The van der Waals surface area contributed by atoms with Crippen LogP contribution in [0.15, 0.2) is 35.7 Å². The first kappa shape index (κ1) is 21.4. The van der Waals surface area contributed by atoms with E-state index in [-0.39, 0.29) is 0 Å². The molecular weight excluding hydrogens is 329 g/mol. The molecule has 0 aliphatic heterocycles. The van der Waals surface area contributed by atoms with Crippen LogP contribution in [0.2, 0.25) is 0 Å². The molecule has 0 fully saturated rings. The van der Waals surface area contributed by atoms with Gasteiger partial charge in [0.2, 0.25) is 0 Å². The third-order valence-corrected chi connectivity index (χ3v) is 6.61. The molecule has 0 spiro atoms. The van der Waals surface area contributed by atoms with Gasteiger partial charge in [-0.3, -0.25) is 0 Å². The number of nitrogens with one attached hydrogen (secondary N) is 1. The van der Waals surface area contributed by atoms with Crippen LogP contribution in [0.4, 0.5) is 0 Å². The van der Waals surface area contributed by atoms with Crippen molar-refractivity contribution in [1.82, 2.24) is 5.32 Å². The van der Waals surface area contributed by atoms with E-state index in [9.17, 15) is 0 Å². The molecule has 0 bridgehead atoms. The highest BCUT2D eigenvalue weighted by molar-refractivity contribution is 7.38. The molecule has 0 aliphatic rings. The molecule has 1 aromatic heterocycles. The highest BCUT2D eigenvalue weighted by Gasteiger charge is 2.11. The summed E-state index contributed by atoms with van der Waals surface area (Å²) in [4.78, 5) is 1.53. The smallest absolute Gasteiger partial charge is 0.0230 e. The van der Waals surface area contributed by atoms with E-state index in [1.54, 1.807) is 0 Å². The molecule has 134 valence electrons. The van der Waals surface area contributed by atoms with Crippen molar-refractivity contribution < 1.29 is 0 Å². The van der Waals surface area contributed by atoms with E-state index in [2.05, 4.69) is 61.5 Å². The monoisotopic (exact) mass is 363 g/mol. The number of aryl methyl sites for hydroxylation is 2. The minimum absolute atomic E-state index is 0.668. The summed E-state index contributed by atoms with van der Waals surface area (Å²) in [6.45, 7) is 12.8. The summed E-state index contributed by atoms with van der Waals surface area (Å²) in [6.07, 6.45) is 3.75. The van der Waals surface area contributed by atoms with Crippen molar-refractivity contribution in [3.05, 3.63) is 57.3 Å². The Kier molecular flexibility index (Phi) is 11.2. The summed E-state index contributed by atoms with van der Waals surface area (Å²) in [5.74, 6) is 0. The standard InChI is InChI=1S/C19H28NPS.C2H6/c1-4-5-8-16-9-6-7-10-17(16)12-20-13-18(21-3)19-11-15(2)14-22-19;1-2/h6-7,9-11,14,18,20-21H,4-5,8,12-13H2,1-3H3;1-2H3. The van der Waals surface area contributed by atoms with E-state index >= 15 is 0 Å². The molecule has 1 aromatic carbocycles. The predicted octanol–water partition coefficient (Wildman–Crippen LogP) is 6.56. The number of thiophene rings is 1. The zero-order valence-corrected chi connectivity index (χ0v) is 17.8. The molecule has 1 heterocycles. The average molecular weight is 364 g/mol. The molecule has 0 radical (unpaired) electrons. The topological polar surface area (TPSA) is 12.0 Å². The normalized spacial score (nSPS) is 12.2. The molecule has 24 heavy (non-hydrogen) atoms. The minimum Gasteiger partial charge on any atom is -0.312 e. The Bertz CT molecular complexity index is 564. The van der Waals surface area contributed by atoms with Crippen LogP contribution in [0.1, 0.15) is 60.8 Å². The molecule has 1 nitrogen and oxygen atoms in total. The fourth-order valence-corrected chi connectivity index (χ4v) is 4.84. The van der Waals surface area contributed by atoms with Crippen LogP contribution in [-0.4, -0.2) is 13.2 Å². The van der Waals surface area contributed by atoms with E-state index in [1.807, 2.05) is 25.2 Å². The van der Waals surface area contributed by atoms with Crippen molar-refractivity contribution in [2.45, 2.75) is 59.2 Å². The molecule has 0 aliphatic carbocycles. The number of unbranched alkanes of at least 4 members (excludes halogenated alkanes) is 1. The molecule has 1 N–H and O–H groups in total. The Balaban J connectivity index is 0.00000139. The summed E-state index contributed by atoms with van der Waals surface area (Å²) >= 11 is 1.91. The van der Waals surface area contributed by atoms with Gasteiger partial charge in [-0.2, -0.15) is 0 Å². The fourth-order valence-electron chi connectivity index (χ4n) is 2.67. The molecule has 2 rings (SSSR count). The fraction of sp³-hybridized carbons (Fsp3) is 0.524. The summed E-state index contributed by atoms with van der Waals surface area (Å²) in [6, 6.07) is 11.2. The number of rotatable bonds is 9. The molecule has 2 unspecified atom stereocenters. The Hall–Kier alpha value is -0.690. The molecule has 3 heteroatoms. The number of benzene rings is 1. The van der Waals surface area contributed by atoms with E-state index < -0.39 is 0 Å². The minimum atomic E-state index is 0.668. The van der Waals surface area contributed by atoms with Gasteiger partial charge in [-0.25, -0.2) is 0 Å². The second-order valence-corrected chi connectivity index (χ2v) is 8.09. The molecule has 2 atom stereocenters. The SMILES string of the molecule is CC.CCCCc1ccccc1CNCC(PC)c1cc(C)cs1. The van der Waals surface area contributed by atoms with E-state index in [1.165, 1.54) is 40.8 Å². The Morgan fingerprint density at radius 2 is 1.88 bits per heavy atom. The molecular formula is C21H34NPS. The van der Waals surface area contributed by atoms with Gasteiger partial charge in [0.05, 0.1) is 0 Å². The van der Waals surface area contributed by atoms with Gasteiger partial charge in [0.15, 0.2) is 0 Å². The van der Waals surface area contributed by atoms with Crippen molar-refractivity contribution in [2.75, 3.05) is 13.2 Å². The highest BCUT2D eigenvalue weighted by atomic mass is 32.1. The zero-order valence-electron chi connectivity index (χ0n) is 16.0. The lowest BCUT2D eigenvalue weighted by Gasteiger charge is -2.16. The summed E-state index contributed by atoms with van der Waals surface area (Å²) < 4.78 is 0. The van der Waals surface area contributed by atoms with Crippen molar-refractivity contribution in [3.8, 4) is 0 Å². The Morgan fingerprint density at radius 1 is 1.17 bits per heavy atom. The number of hydrogen-bond donors (Lipinski definition) is 1. The lowest BCUT2D eigenvalue weighted by atomic mass is 10.0. The quantitative estimate of drug-likeness (QED) is 0.497. The zero-order chi connectivity index (χ0) is 17.8. The van der Waals surface area contributed by atoms with E-state index in [0.29, 0.717) is 5.66 Å².